The first-order valence-corrected chi connectivity index (χ1v) is 13.1. The van der Waals surface area contributed by atoms with E-state index < -0.39 is 17.8 Å². The Hall–Kier alpha value is -3.14. The molecule has 0 saturated carbocycles. The van der Waals surface area contributed by atoms with Crippen molar-refractivity contribution in [2.75, 3.05) is 16.4 Å². The third-order valence-electron chi connectivity index (χ3n) is 5.45. The molecule has 4 rings (SSSR count). The number of carbonyl (C=O) groups excluding carboxylic acids is 2. The number of rotatable bonds is 8. The fourth-order valence-corrected chi connectivity index (χ4v) is 5.28. The third kappa shape index (κ3) is 6.72. The molecule has 0 saturated heterocycles. The van der Waals surface area contributed by atoms with Crippen LogP contribution in [0.15, 0.2) is 71.0 Å². The molecule has 2 aromatic carbocycles. The summed E-state index contributed by atoms with van der Waals surface area (Å²) in [6.07, 6.45) is 4.39. The summed E-state index contributed by atoms with van der Waals surface area (Å²) in [5, 5.41) is 18.1. The first kappa shape index (κ1) is 25.0. The van der Waals surface area contributed by atoms with Gasteiger partial charge < -0.3 is 15.7 Å². The first-order chi connectivity index (χ1) is 16.9. The van der Waals surface area contributed by atoms with Crippen molar-refractivity contribution in [3.63, 3.8) is 0 Å². The fraction of sp³-hybridized carbons (Fsp3) is 0.200. The van der Waals surface area contributed by atoms with Crippen LogP contribution < -0.4 is 10.6 Å². The molecular formula is C25H22ClN3O4S2. The number of anilines is 2. The minimum atomic E-state index is -0.967. The van der Waals surface area contributed by atoms with E-state index in [1.807, 2.05) is 29.7 Å². The number of nitrogens with one attached hydrogen (secondary N) is 2. The predicted octanol–water partition coefficient (Wildman–Crippen LogP) is 5.80. The highest BCUT2D eigenvalue weighted by Gasteiger charge is 2.33. The highest BCUT2D eigenvalue weighted by molar-refractivity contribution is 8.00. The number of carbonyl (C=O) groups is 3. The molecule has 0 aliphatic heterocycles. The second-order valence-corrected chi connectivity index (χ2v) is 10.2. The minimum Gasteiger partial charge on any atom is -0.481 e. The van der Waals surface area contributed by atoms with Crippen LogP contribution in [0.2, 0.25) is 5.02 Å². The summed E-state index contributed by atoms with van der Waals surface area (Å²) in [6.45, 7) is 0. The van der Waals surface area contributed by atoms with E-state index in [2.05, 4.69) is 15.6 Å². The van der Waals surface area contributed by atoms with Crippen LogP contribution in [0, 0.1) is 11.8 Å². The molecule has 3 aromatic rings. The first-order valence-electron chi connectivity index (χ1n) is 10.8. The van der Waals surface area contributed by atoms with Gasteiger partial charge in [-0.2, -0.15) is 0 Å². The maximum Gasteiger partial charge on any atom is 0.307 e. The number of carboxylic acid groups (broad SMARTS) is 1. The van der Waals surface area contributed by atoms with Crippen molar-refractivity contribution in [3.05, 3.63) is 71.1 Å². The van der Waals surface area contributed by atoms with Gasteiger partial charge in [-0.25, -0.2) is 4.98 Å². The second-order valence-electron chi connectivity index (χ2n) is 7.89. The Balaban J connectivity index is 1.31. The SMILES string of the molecule is O=C(CSc1cccc(NC(=O)C2CC=CCC2C(=O)O)c1)Nc1nc(-c2ccc(Cl)cc2)cs1. The quantitative estimate of drug-likeness (QED) is 0.252. The molecule has 1 aromatic heterocycles. The van der Waals surface area contributed by atoms with Gasteiger partial charge in [0, 0.05) is 26.5 Å². The summed E-state index contributed by atoms with van der Waals surface area (Å²) in [5.74, 6) is -2.66. The van der Waals surface area contributed by atoms with Crippen molar-refractivity contribution in [1.29, 1.82) is 0 Å². The molecule has 2 amide bonds. The summed E-state index contributed by atoms with van der Waals surface area (Å²) >= 11 is 8.60. The van der Waals surface area contributed by atoms with Gasteiger partial charge in [0.1, 0.15) is 0 Å². The van der Waals surface area contributed by atoms with Crippen molar-refractivity contribution < 1.29 is 19.5 Å². The molecule has 7 nitrogen and oxygen atoms in total. The standard InChI is InChI=1S/C25H22ClN3O4S2/c26-16-10-8-15(9-11-16)21-13-35-25(28-21)29-22(30)14-34-18-5-3-4-17(12-18)27-23(31)19-6-1-2-7-20(19)24(32)33/h1-5,8-13,19-20H,6-7,14H2,(H,27,31)(H,32,33)(H,28,29,30). The molecule has 1 aliphatic rings. The third-order valence-corrected chi connectivity index (χ3v) is 7.45. The van der Waals surface area contributed by atoms with Crippen LogP contribution in [-0.2, 0) is 14.4 Å². The van der Waals surface area contributed by atoms with E-state index in [1.54, 1.807) is 36.4 Å². The molecule has 2 unspecified atom stereocenters. The number of carboxylic acids is 1. The van der Waals surface area contributed by atoms with E-state index in [0.717, 1.165) is 16.2 Å². The van der Waals surface area contributed by atoms with Gasteiger partial charge in [0.2, 0.25) is 11.8 Å². The average Bonchev–Trinajstić information content (AvgIpc) is 3.31. The van der Waals surface area contributed by atoms with Crippen LogP contribution in [0.1, 0.15) is 12.8 Å². The predicted molar refractivity (Wildman–Crippen MR) is 140 cm³/mol. The molecule has 2 atom stereocenters. The van der Waals surface area contributed by atoms with Gasteiger partial charge in [0.15, 0.2) is 5.13 Å². The molecule has 0 radical (unpaired) electrons. The van der Waals surface area contributed by atoms with E-state index in [1.165, 1.54) is 23.1 Å². The number of thioether (sulfide) groups is 1. The van der Waals surface area contributed by atoms with E-state index >= 15 is 0 Å². The average molecular weight is 528 g/mol. The van der Waals surface area contributed by atoms with Gasteiger partial charge in [-0.1, -0.05) is 42.0 Å². The number of amides is 2. The summed E-state index contributed by atoms with van der Waals surface area (Å²) in [6, 6.07) is 14.5. The lowest BCUT2D eigenvalue weighted by Crippen LogP contribution is -2.34. The summed E-state index contributed by atoms with van der Waals surface area (Å²) in [4.78, 5) is 41.9. The number of hydrogen-bond donors (Lipinski definition) is 3. The summed E-state index contributed by atoms with van der Waals surface area (Å²) < 4.78 is 0. The van der Waals surface area contributed by atoms with Crippen molar-refractivity contribution in [1.82, 2.24) is 4.98 Å². The fourth-order valence-electron chi connectivity index (χ4n) is 3.66. The molecular weight excluding hydrogens is 506 g/mol. The number of allylic oxidation sites excluding steroid dienone is 2. The van der Waals surface area contributed by atoms with Gasteiger partial charge in [0.25, 0.3) is 0 Å². The van der Waals surface area contributed by atoms with E-state index in [4.69, 9.17) is 11.6 Å². The lowest BCUT2D eigenvalue weighted by atomic mass is 9.82. The zero-order valence-corrected chi connectivity index (χ0v) is 20.8. The van der Waals surface area contributed by atoms with Gasteiger partial charge in [-0.3, -0.25) is 14.4 Å². The molecule has 3 N–H and O–H groups in total. The van der Waals surface area contributed by atoms with E-state index in [0.29, 0.717) is 28.7 Å². The van der Waals surface area contributed by atoms with Gasteiger partial charge in [-0.05, 0) is 43.2 Å². The number of benzene rings is 2. The van der Waals surface area contributed by atoms with Crippen LogP contribution in [0.5, 0.6) is 0 Å². The Kier molecular flexibility index (Phi) is 8.22. The summed E-state index contributed by atoms with van der Waals surface area (Å²) in [5.41, 5.74) is 2.24. The maximum absolute atomic E-state index is 12.7. The molecule has 10 heteroatoms. The highest BCUT2D eigenvalue weighted by Crippen LogP contribution is 2.29. The van der Waals surface area contributed by atoms with Crippen molar-refractivity contribution in [3.8, 4) is 11.3 Å². The van der Waals surface area contributed by atoms with Crippen LogP contribution in [0.4, 0.5) is 10.8 Å². The lowest BCUT2D eigenvalue weighted by Gasteiger charge is -2.24. The number of nitrogens with zero attached hydrogens (tertiary/aromatic N) is 1. The zero-order valence-electron chi connectivity index (χ0n) is 18.4. The van der Waals surface area contributed by atoms with E-state index in [-0.39, 0.29) is 17.6 Å². The van der Waals surface area contributed by atoms with Crippen molar-refractivity contribution in [2.24, 2.45) is 11.8 Å². The van der Waals surface area contributed by atoms with Gasteiger partial charge in [0.05, 0.1) is 23.3 Å². The van der Waals surface area contributed by atoms with Crippen molar-refractivity contribution >= 4 is 63.3 Å². The molecule has 0 bridgehead atoms. The monoisotopic (exact) mass is 527 g/mol. The van der Waals surface area contributed by atoms with Crippen LogP contribution in [-0.4, -0.2) is 33.6 Å². The molecule has 0 spiro atoms. The zero-order chi connectivity index (χ0) is 24.8. The Morgan fingerprint density at radius 1 is 1.06 bits per heavy atom. The Labute approximate surface area is 215 Å². The number of hydrogen-bond acceptors (Lipinski definition) is 6. The molecule has 1 aliphatic carbocycles. The van der Waals surface area contributed by atoms with Crippen LogP contribution >= 0.6 is 34.7 Å². The maximum atomic E-state index is 12.7. The van der Waals surface area contributed by atoms with Crippen molar-refractivity contribution in [2.45, 2.75) is 17.7 Å². The molecule has 0 fully saturated rings. The minimum absolute atomic E-state index is 0.168. The van der Waals surface area contributed by atoms with E-state index in [9.17, 15) is 19.5 Å². The van der Waals surface area contributed by atoms with Gasteiger partial charge in [-0.15, -0.1) is 23.1 Å². The topological polar surface area (TPSA) is 108 Å². The lowest BCUT2D eigenvalue weighted by molar-refractivity contribution is -0.146. The largest absolute Gasteiger partial charge is 0.481 e. The molecule has 180 valence electrons. The smallest absolute Gasteiger partial charge is 0.307 e. The number of aromatic nitrogens is 1. The molecule has 1 heterocycles. The van der Waals surface area contributed by atoms with Gasteiger partial charge >= 0.3 is 5.97 Å². The number of aliphatic carboxylic acids is 1. The van der Waals surface area contributed by atoms with Crippen LogP contribution in [0.25, 0.3) is 11.3 Å². The Morgan fingerprint density at radius 3 is 2.54 bits per heavy atom. The summed E-state index contributed by atoms with van der Waals surface area (Å²) in [7, 11) is 0. The normalized spacial score (nSPS) is 17.1. The highest BCUT2D eigenvalue weighted by atomic mass is 35.5. The second kappa shape index (κ2) is 11.5. The number of halogens is 1. The molecule has 35 heavy (non-hydrogen) atoms. The Bertz CT molecular complexity index is 1260. The Morgan fingerprint density at radius 2 is 1.80 bits per heavy atom. The number of thiazole rings is 1. The van der Waals surface area contributed by atoms with Crippen LogP contribution in [0.3, 0.4) is 0 Å².